The summed E-state index contributed by atoms with van der Waals surface area (Å²) in [5.74, 6) is -2.82. The number of aryl methyl sites for hydroxylation is 1. The van der Waals surface area contributed by atoms with E-state index < -0.39 is 42.8 Å². The largest absolute Gasteiger partial charge is 0.391 e. The third-order valence-electron chi connectivity index (χ3n) is 7.20. The van der Waals surface area contributed by atoms with Crippen molar-refractivity contribution >= 4 is 45.8 Å². The van der Waals surface area contributed by atoms with Crippen molar-refractivity contribution in [3.63, 3.8) is 0 Å². The number of amides is 2. The topological polar surface area (TPSA) is 106 Å². The van der Waals surface area contributed by atoms with Crippen molar-refractivity contribution < 1.29 is 31.9 Å². The molecule has 46 heavy (non-hydrogen) atoms. The van der Waals surface area contributed by atoms with Crippen LogP contribution < -0.4 is 10.6 Å². The molecule has 8 nitrogen and oxygen atoms in total. The molecule has 0 radical (unpaired) electrons. The van der Waals surface area contributed by atoms with Crippen LogP contribution in [-0.4, -0.2) is 44.4 Å². The average molecular weight is 652 g/mol. The number of Topliss-reactive ketones (excluding diaryl/α,β-unsaturated/α-hetero) is 1. The second-order valence-electron chi connectivity index (χ2n) is 10.6. The summed E-state index contributed by atoms with van der Waals surface area (Å²) in [6.07, 6.45) is -1.86. The van der Waals surface area contributed by atoms with Crippen molar-refractivity contribution in [2.75, 3.05) is 5.32 Å². The van der Waals surface area contributed by atoms with Crippen LogP contribution in [0.2, 0.25) is 5.02 Å². The summed E-state index contributed by atoms with van der Waals surface area (Å²) in [6, 6.07) is 13.4. The molecule has 2 N–H and O–H groups in total. The van der Waals surface area contributed by atoms with Gasteiger partial charge in [0, 0.05) is 56.8 Å². The Bertz CT molecular complexity index is 1960. The molecule has 0 fully saturated rings. The quantitative estimate of drug-likeness (QED) is 0.130. The van der Waals surface area contributed by atoms with Gasteiger partial charge >= 0.3 is 6.18 Å². The highest BCUT2D eigenvalue weighted by Crippen LogP contribution is 2.33. The second kappa shape index (κ2) is 13.1. The van der Waals surface area contributed by atoms with E-state index in [0.29, 0.717) is 33.4 Å². The first-order valence-electron chi connectivity index (χ1n) is 13.9. The van der Waals surface area contributed by atoms with E-state index in [1.807, 2.05) is 0 Å². The van der Waals surface area contributed by atoms with Gasteiger partial charge in [-0.1, -0.05) is 48.0 Å². The molecule has 3 aromatic carbocycles. The highest BCUT2D eigenvalue weighted by atomic mass is 35.5. The fourth-order valence-electron chi connectivity index (χ4n) is 5.00. The number of hydrogen-bond donors (Lipinski definition) is 2. The number of rotatable bonds is 9. The number of anilines is 1. The van der Waals surface area contributed by atoms with Crippen LogP contribution in [0.5, 0.6) is 0 Å². The number of ketones is 1. The summed E-state index contributed by atoms with van der Waals surface area (Å²) in [4.78, 5) is 47.0. The zero-order valence-electron chi connectivity index (χ0n) is 24.5. The van der Waals surface area contributed by atoms with Gasteiger partial charge in [0.15, 0.2) is 11.6 Å². The van der Waals surface area contributed by atoms with Gasteiger partial charge in [-0.25, -0.2) is 14.4 Å². The number of hydrogen-bond acceptors (Lipinski definition) is 5. The molecule has 1 unspecified atom stereocenters. The number of halogens is 5. The molecule has 0 aliphatic carbocycles. The molecule has 0 spiro atoms. The van der Waals surface area contributed by atoms with Gasteiger partial charge in [-0.05, 0) is 43.7 Å². The number of alkyl halides is 3. The Morgan fingerprint density at radius 1 is 0.957 bits per heavy atom. The van der Waals surface area contributed by atoms with Gasteiger partial charge in [0.25, 0.3) is 0 Å². The number of nitrogens with zero attached hydrogens (tertiary/aromatic N) is 3. The zero-order valence-corrected chi connectivity index (χ0v) is 25.2. The molecule has 2 heterocycles. The van der Waals surface area contributed by atoms with E-state index in [4.69, 9.17) is 11.6 Å². The Hall–Kier alpha value is -5.10. The van der Waals surface area contributed by atoms with Gasteiger partial charge in [-0.2, -0.15) is 13.2 Å². The lowest BCUT2D eigenvalue weighted by atomic mass is 10.0. The Morgan fingerprint density at radius 2 is 1.65 bits per heavy atom. The van der Waals surface area contributed by atoms with E-state index in [2.05, 4.69) is 20.6 Å². The first kappa shape index (κ1) is 32.3. The number of benzene rings is 3. The smallest absolute Gasteiger partial charge is 0.342 e. The van der Waals surface area contributed by atoms with Gasteiger partial charge in [0.2, 0.25) is 11.8 Å². The van der Waals surface area contributed by atoms with Gasteiger partial charge in [0.05, 0.1) is 12.1 Å². The van der Waals surface area contributed by atoms with Crippen molar-refractivity contribution in [2.24, 2.45) is 0 Å². The second-order valence-corrected chi connectivity index (χ2v) is 11.0. The molecule has 13 heteroatoms. The molecule has 236 valence electrons. The lowest BCUT2D eigenvalue weighted by Crippen LogP contribution is -2.47. The van der Waals surface area contributed by atoms with E-state index in [0.717, 1.165) is 0 Å². The Labute approximate surface area is 265 Å². The number of carbonyl (C=O) groups excluding carboxylic acids is 3. The summed E-state index contributed by atoms with van der Waals surface area (Å²) in [7, 11) is 0. The maximum atomic E-state index is 15.4. The van der Waals surface area contributed by atoms with Crippen molar-refractivity contribution in [3.05, 3.63) is 101 Å². The maximum Gasteiger partial charge on any atom is 0.391 e. The van der Waals surface area contributed by atoms with Crippen LogP contribution in [0.3, 0.4) is 0 Å². The van der Waals surface area contributed by atoms with Gasteiger partial charge < -0.3 is 15.2 Å². The SMILES string of the molecule is CC(=O)c1cn(CC(=O)NC(CC(F)(F)F)C(=O)Nc2cccc(-c3ccccc3Cl)c2F)c2ccc(-c3cnc(C)nc3)cc12. The van der Waals surface area contributed by atoms with Crippen LogP contribution >= 0.6 is 11.6 Å². The fourth-order valence-corrected chi connectivity index (χ4v) is 5.24. The molecule has 2 aromatic heterocycles. The molecular weight excluding hydrogens is 626 g/mol. The molecule has 0 saturated heterocycles. The van der Waals surface area contributed by atoms with Crippen LogP contribution in [0.25, 0.3) is 33.2 Å². The Balaban J connectivity index is 1.39. The Kier molecular flexibility index (Phi) is 9.19. The monoisotopic (exact) mass is 651 g/mol. The first-order valence-corrected chi connectivity index (χ1v) is 14.3. The van der Waals surface area contributed by atoms with E-state index in [-0.39, 0.29) is 27.6 Å². The summed E-state index contributed by atoms with van der Waals surface area (Å²) >= 11 is 6.18. The van der Waals surface area contributed by atoms with Gasteiger partial charge in [0.1, 0.15) is 18.4 Å². The van der Waals surface area contributed by atoms with E-state index >= 15 is 4.39 Å². The first-order chi connectivity index (χ1) is 21.8. The average Bonchev–Trinajstić information content (AvgIpc) is 3.35. The maximum absolute atomic E-state index is 15.4. The summed E-state index contributed by atoms with van der Waals surface area (Å²) in [6.45, 7) is 2.59. The lowest BCUT2D eigenvalue weighted by molar-refractivity contribution is -0.149. The lowest BCUT2D eigenvalue weighted by Gasteiger charge is -2.21. The van der Waals surface area contributed by atoms with Crippen molar-refractivity contribution in [1.82, 2.24) is 19.9 Å². The molecule has 0 aliphatic heterocycles. The number of aromatic nitrogens is 3. The highest BCUT2D eigenvalue weighted by Gasteiger charge is 2.37. The number of fused-ring (bicyclic) bond motifs is 1. The third-order valence-corrected chi connectivity index (χ3v) is 7.53. The normalized spacial score (nSPS) is 12.2. The van der Waals surface area contributed by atoms with Gasteiger partial charge in [-0.15, -0.1) is 0 Å². The molecule has 5 aromatic rings. The highest BCUT2D eigenvalue weighted by molar-refractivity contribution is 6.33. The predicted molar refractivity (Wildman–Crippen MR) is 166 cm³/mol. The molecule has 0 saturated carbocycles. The minimum atomic E-state index is -4.84. The molecular formula is C33H26ClF4N5O3. The third kappa shape index (κ3) is 7.23. The summed E-state index contributed by atoms with van der Waals surface area (Å²) < 4.78 is 57.4. The van der Waals surface area contributed by atoms with E-state index in [9.17, 15) is 27.6 Å². The van der Waals surface area contributed by atoms with Crippen LogP contribution in [0.15, 0.2) is 79.3 Å². The van der Waals surface area contributed by atoms with Crippen molar-refractivity contribution in [1.29, 1.82) is 0 Å². The molecule has 1 atom stereocenters. The van der Waals surface area contributed by atoms with Crippen LogP contribution in [0.4, 0.5) is 23.2 Å². The minimum Gasteiger partial charge on any atom is -0.342 e. The van der Waals surface area contributed by atoms with Crippen LogP contribution in [0.1, 0.15) is 29.5 Å². The molecule has 5 rings (SSSR count). The van der Waals surface area contributed by atoms with Crippen molar-refractivity contribution in [2.45, 2.75) is 39.0 Å². The zero-order chi connectivity index (χ0) is 33.2. The molecule has 0 bridgehead atoms. The van der Waals surface area contributed by atoms with E-state index in [1.54, 1.807) is 61.8 Å². The van der Waals surface area contributed by atoms with Crippen molar-refractivity contribution in [3.8, 4) is 22.3 Å². The standard InChI is InChI=1S/C33H26ClF4N5O3/c1-18(44)25-16-43(29-11-10-20(12-24(25)29)21-14-39-19(2)40-15-21)17-30(45)41-28(13-33(36,37)38)32(46)42-27-9-5-7-23(31(27)35)22-6-3-4-8-26(22)34/h3-12,14-16,28H,13,17H2,1-2H3,(H,41,45)(H,42,46). The minimum absolute atomic E-state index is 0.0265. The van der Waals surface area contributed by atoms with Crippen LogP contribution in [0, 0.1) is 12.7 Å². The Morgan fingerprint density at radius 3 is 2.33 bits per heavy atom. The van der Waals surface area contributed by atoms with E-state index in [1.165, 1.54) is 35.9 Å². The summed E-state index contributed by atoms with van der Waals surface area (Å²) in [5.41, 5.74) is 2.12. The number of carbonyl (C=O) groups is 3. The predicted octanol–water partition coefficient (Wildman–Crippen LogP) is 7.14. The van der Waals surface area contributed by atoms with Crippen LogP contribution in [-0.2, 0) is 16.1 Å². The fraction of sp³-hybridized carbons (Fsp3) is 0.182. The van der Waals surface area contributed by atoms with Gasteiger partial charge in [-0.3, -0.25) is 14.4 Å². The molecule has 2 amide bonds. The summed E-state index contributed by atoms with van der Waals surface area (Å²) in [5, 5.41) is 5.04. The number of nitrogens with one attached hydrogen (secondary N) is 2. The molecule has 0 aliphatic rings.